The predicted molar refractivity (Wildman–Crippen MR) is 107 cm³/mol. The maximum absolute atomic E-state index is 12.4. The van der Waals surface area contributed by atoms with E-state index in [1.54, 1.807) is 13.0 Å². The maximum Gasteiger partial charge on any atom is 0.305 e. The van der Waals surface area contributed by atoms with E-state index in [1.165, 1.54) is 12.1 Å². The van der Waals surface area contributed by atoms with Gasteiger partial charge in [-0.2, -0.15) is 0 Å². The first kappa shape index (κ1) is 21.2. The van der Waals surface area contributed by atoms with Gasteiger partial charge in [0.15, 0.2) is 18.2 Å². The van der Waals surface area contributed by atoms with E-state index < -0.39 is 11.8 Å². The second kappa shape index (κ2) is 8.08. The number of benzene rings is 1. The van der Waals surface area contributed by atoms with Gasteiger partial charge in [0, 0.05) is 23.4 Å². The molecule has 0 fully saturated rings. The van der Waals surface area contributed by atoms with Crippen molar-refractivity contribution in [1.29, 1.82) is 0 Å². The molecule has 0 atom stereocenters. The van der Waals surface area contributed by atoms with Crippen molar-refractivity contribution in [1.82, 2.24) is 10.9 Å². The molecule has 2 amide bonds. The van der Waals surface area contributed by atoms with E-state index in [2.05, 4.69) is 10.9 Å². The van der Waals surface area contributed by atoms with Gasteiger partial charge in [-0.1, -0.05) is 37.0 Å². The van der Waals surface area contributed by atoms with Crippen molar-refractivity contribution in [3.8, 4) is 5.75 Å². The van der Waals surface area contributed by atoms with Crippen LogP contribution in [0.25, 0.3) is 0 Å². The van der Waals surface area contributed by atoms with Crippen LogP contribution in [0.5, 0.6) is 5.75 Å². The van der Waals surface area contributed by atoms with Gasteiger partial charge in [-0.05, 0) is 30.5 Å². The lowest BCUT2D eigenvalue weighted by Gasteiger charge is -2.27. The van der Waals surface area contributed by atoms with Crippen molar-refractivity contribution in [2.24, 2.45) is 5.41 Å². The fourth-order valence-electron chi connectivity index (χ4n) is 3.25. The molecule has 0 saturated heterocycles. The van der Waals surface area contributed by atoms with Gasteiger partial charge in [0.25, 0.3) is 5.91 Å². The molecule has 1 heterocycles. The molecule has 7 nitrogen and oxygen atoms in total. The van der Waals surface area contributed by atoms with Crippen molar-refractivity contribution < 1.29 is 23.5 Å². The zero-order valence-electron chi connectivity index (χ0n) is 16.2. The lowest BCUT2D eigenvalue weighted by molar-refractivity contribution is -0.123. The third-order valence-corrected chi connectivity index (χ3v) is 5.08. The Morgan fingerprint density at radius 3 is 2.62 bits per heavy atom. The summed E-state index contributed by atoms with van der Waals surface area (Å²) in [5, 5.41) is 0.705. The van der Waals surface area contributed by atoms with Crippen molar-refractivity contribution in [2.45, 2.75) is 33.6 Å². The zero-order valence-corrected chi connectivity index (χ0v) is 17.7. The first-order chi connectivity index (χ1) is 13.6. The molecule has 1 aromatic carbocycles. The quantitative estimate of drug-likeness (QED) is 0.705. The fraction of sp³-hybridized carbons (Fsp3) is 0.350. The van der Waals surface area contributed by atoms with Crippen LogP contribution < -0.4 is 15.6 Å². The summed E-state index contributed by atoms with van der Waals surface area (Å²) in [6.07, 6.45) is 0.951. The molecule has 0 radical (unpaired) electrons. The van der Waals surface area contributed by atoms with Crippen molar-refractivity contribution in [3.63, 3.8) is 0 Å². The summed E-state index contributed by atoms with van der Waals surface area (Å²) in [5.74, 6) is -0.512. The van der Waals surface area contributed by atoms with Crippen LogP contribution in [-0.2, 0) is 11.2 Å². The highest BCUT2D eigenvalue weighted by atomic mass is 35.5. The molecule has 0 aliphatic heterocycles. The Morgan fingerprint density at radius 1 is 1.21 bits per heavy atom. The van der Waals surface area contributed by atoms with Crippen molar-refractivity contribution in [2.75, 3.05) is 6.61 Å². The number of hydrogen-bond donors (Lipinski definition) is 2. The van der Waals surface area contributed by atoms with E-state index >= 15 is 0 Å². The van der Waals surface area contributed by atoms with Crippen LogP contribution in [0.3, 0.4) is 0 Å². The molecule has 1 aromatic heterocycles. The van der Waals surface area contributed by atoms with Crippen molar-refractivity contribution >= 4 is 40.8 Å². The molecule has 0 spiro atoms. The topological polar surface area (TPSA) is 97.6 Å². The minimum Gasteiger partial charge on any atom is -0.482 e. The van der Waals surface area contributed by atoms with E-state index in [4.69, 9.17) is 32.4 Å². The van der Waals surface area contributed by atoms with E-state index in [0.717, 1.165) is 0 Å². The number of ether oxygens (including phenoxy) is 1. The molecule has 0 unspecified atom stereocenters. The third-order valence-electron chi connectivity index (χ3n) is 4.55. The maximum atomic E-state index is 12.4. The summed E-state index contributed by atoms with van der Waals surface area (Å²) < 4.78 is 10.9. The number of Topliss-reactive ketones (excluding diaryl/α,β-unsaturated/α-hetero) is 1. The Hall–Kier alpha value is -2.51. The lowest BCUT2D eigenvalue weighted by Crippen LogP contribution is -2.43. The summed E-state index contributed by atoms with van der Waals surface area (Å²) >= 11 is 11.8. The van der Waals surface area contributed by atoms with Crippen LogP contribution >= 0.6 is 23.2 Å². The number of hydrogen-bond acceptors (Lipinski definition) is 5. The third kappa shape index (κ3) is 4.74. The molecular formula is C20H20Cl2N2O5. The minimum atomic E-state index is -0.652. The molecule has 1 aliphatic rings. The lowest BCUT2D eigenvalue weighted by atomic mass is 9.76. The molecule has 2 aromatic rings. The van der Waals surface area contributed by atoms with Crippen LogP contribution in [0.15, 0.2) is 22.6 Å². The second-order valence-corrected chi connectivity index (χ2v) is 8.50. The SMILES string of the molecule is Cc1c(C(=O)NNC(=O)COc2ccc(Cl)cc2Cl)oc2c1C(=O)CC(C)(C)C2. The van der Waals surface area contributed by atoms with Crippen LogP contribution in [0.1, 0.15) is 52.5 Å². The number of fused-ring (bicyclic) bond motifs is 1. The molecule has 2 N–H and O–H groups in total. The number of amides is 2. The summed E-state index contributed by atoms with van der Waals surface area (Å²) in [6.45, 7) is 5.22. The number of nitrogens with one attached hydrogen (secondary N) is 2. The summed E-state index contributed by atoms with van der Waals surface area (Å²) in [5.41, 5.74) is 5.21. The van der Waals surface area contributed by atoms with E-state index in [0.29, 0.717) is 34.8 Å². The van der Waals surface area contributed by atoms with Gasteiger partial charge in [-0.25, -0.2) is 0 Å². The highest BCUT2D eigenvalue weighted by Crippen LogP contribution is 2.38. The Labute approximate surface area is 177 Å². The van der Waals surface area contributed by atoms with Gasteiger partial charge in [0.05, 0.1) is 10.6 Å². The summed E-state index contributed by atoms with van der Waals surface area (Å²) in [4.78, 5) is 36.8. The molecule has 1 aliphatic carbocycles. The van der Waals surface area contributed by atoms with Crippen LogP contribution in [-0.4, -0.2) is 24.2 Å². The number of hydrazine groups is 1. The predicted octanol–water partition coefficient (Wildman–Crippen LogP) is 3.89. The highest BCUT2D eigenvalue weighted by Gasteiger charge is 2.37. The van der Waals surface area contributed by atoms with Crippen LogP contribution in [0.4, 0.5) is 0 Å². The summed E-state index contributed by atoms with van der Waals surface area (Å²) in [6, 6.07) is 4.60. The standard InChI is InChI=1S/C20H20Cl2N2O5/c1-10-17-13(25)7-20(2,3)8-15(17)29-18(10)19(27)24-23-16(26)9-28-14-5-4-11(21)6-12(14)22/h4-6H,7-9H2,1-3H3,(H,23,26)(H,24,27). The number of furan rings is 1. The van der Waals surface area contributed by atoms with E-state index in [9.17, 15) is 14.4 Å². The fourth-order valence-corrected chi connectivity index (χ4v) is 3.72. The zero-order chi connectivity index (χ0) is 21.3. The van der Waals surface area contributed by atoms with Crippen molar-refractivity contribution in [3.05, 3.63) is 50.9 Å². The molecule has 0 bridgehead atoms. The van der Waals surface area contributed by atoms with Gasteiger partial charge in [-0.15, -0.1) is 0 Å². The Morgan fingerprint density at radius 2 is 1.93 bits per heavy atom. The number of carbonyl (C=O) groups is 3. The van der Waals surface area contributed by atoms with Gasteiger partial charge in [-0.3, -0.25) is 25.2 Å². The molecule has 0 saturated carbocycles. The van der Waals surface area contributed by atoms with Crippen LogP contribution in [0, 0.1) is 12.3 Å². The van der Waals surface area contributed by atoms with Gasteiger partial charge in [0.2, 0.25) is 0 Å². The van der Waals surface area contributed by atoms with Gasteiger partial charge < -0.3 is 9.15 Å². The van der Waals surface area contributed by atoms with Gasteiger partial charge >= 0.3 is 5.91 Å². The van der Waals surface area contributed by atoms with Crippen LogP contribution in [0.2, 0.25) is 10.0 Å². The molecule has 3 rings (SSSR count). The monoisotopic (exact) mass is 438 g/mol. The molecule has 154 valence electrons. The first-order valence-electron chi connectivity index (χ1n) is 8.90. The Bertz CT molecular complexity index is 997. The molecular weight excluding hydrogens is 419 g/mol. The molecule has 29 heavy (non-hydrogen) atoms. The number of halogens is 2. The normalized spacial score (nSPS) is 14.9. The average Bonchev–Trinajstić information content (AvgIpc) is 2.94. The smallest absolute Gasteiger partial charge is 0.305 e. The highest BCUT2D eigenvalue weighted by molar-refractivity contribution is 6.35. The Kier molecular flexibility index (Phi) is 5.91. The second-order valence-electron chi connectivity index (χ2n) is 7.66. The van der Waals surface area contributed by atoms with Gasteiger partial charge in [0.1, 0.15) is 11.5 Å². The Balaban J connectivity index is 1.60. The van der Waals surface area contributed by atoms with E-state index in [-0.39, 0.29) is 34.3 Å². The molecule has 9 heteroatoms. The van der Waals surface area contributed by atoms with E-state index in [1.807, 2.05) is 13.8 Å². The first-order valence-corrected chi connectivity index (χ1v) is 9.65. The number of ketones is 1. The number of carbonyl (C=O) groups excluding carboxylic acids is 3. The largest absolute Gasteiger partial charge is 0.482 e. The summed E-state index contributed by atoms with van der Waals surface area (Å²) in [7, 11) is 0. The minimum absolute atomic E-state index is 0.00279. The number of rotatable bonds is 4. The average molecular weight is 439 g/mol.